The number of hydrogen-bond donors (Lipinski definition) is 2. The molecule has 3 rings (SSSR count). The summed E-state index contributed by atoms with van der Waals surface area (Å²) >= 11 is 5.95. The van der Waals surface area contributed by atoms with Crippen LogP contribution < -0.4 is 0 Å². The van der Waals surface area contributed by atoms with Gasteiger partial charge in [0.05, 0.1) is 6.54 Å². The van der Waals surface area contributed by atoms with Crippen LogP contribution in [0.25, 0.3) is 0 Å². The van der Waals surface area contributed by atoms with Crippen LogP contribution in [-0.2, 0) is 19.6 Å². The minimum absolute atomic E-state index is 0.0518. The molecule has 2 heterocycles. The number of hydrogen-bond acceptors (Lipinski definition) is 4. The van der Waals surface area contributed by atoms with E-state index in [4.69, 9.17) is 21.1 Å². The van der Waals surface area contributed by atoms with E-state index < -0.39 is 0 Å². The van der Waals surface area contributed by atoms with Crippen LogP contribution in [0.15, 0.2) is 40.8 Å². The van der Waals surface area contributed by atoms with Crippen molar-refractivity contribution in [2.75, 3.05) is 19.7 Å². The lowest BCUT2D eigenvalue weighted by atomic mass is 9.74. The van der Waals surface area contributed by atoms with Crippen LogP contribution >= 0.6 is 11.6 Å². The molecule has 0 radical (unpaired) electrons. The highest BCUT2D eigenvalue weighted by molar-refractivity contribution is 6.30. The highest BCUT2D eigenvalue weighted by atomic mass is 35.5. The molecule has 1 saturated heterocycles. The van der Waals surface area contributed by atoms with Crippen LogP contribution in [-0.4, -0.2) is 34.8 Å². The highest BCUT2D eigenvalue weighted by Crippen LogP contribution is 2.35. The Morgan fingerprint density at radius 3 is 2.25 bits per heavy atom. The van der Waals surface area contributed by atoms with Crippen molar-refractivity contribution in [3.8, 4) is 0 Å². The molecule has 4 nitrogen and oxygen atoms in total. The smallest absolute Gasteiger partial charge is 0.129 e. The maximum Gasteiger partial charge on any atom is 0.129 e. The number of likely N-dealkylation sites (tertiary alicyclic amines) is 1. The van der Waals surface area contributed by atoms with Gasteiger partial charge < -0.3 is 14.6 Å². The predicted octanol–water partition coefficient (Wildman–Crippen LogP) is 3.24. The first-order valence-corrected chi connectivity index (χ1v) is 8.76. The summed E-state index contributed by atoms with van der Waals surface area (Å²) in [7, 11) is 0. The second-order valence-electron chi connectivity index (χ2n) is 6.76. The molecule has 1 aliphatic heterocycles. The van der Waals surface area contributed by atoms with Gasteiger partial charge in [-0.1, -0.05) is 23.7 Å². The van der Waals surface area contributed by atoms with Gasteiger partial charge in [-0.2, -0.15) is 0 Å². The van der Waals surface area contributed by atoms with Gasteiger partial charge in [0.2, 0.25) is 0 Å². The molecule has 24 heavy (non-hydrogen) atoms. The summed E-state index contributed by atoms with van der Waals surface area (Å²) in [6.07, 6.45) is 2.79. The number of benzene rings is 1. The van der Waals surface area contributed by atoms with Gasteiger partial charge in [-0.15, -0.1) is 0 Å². The fraction of sp³-hybridized carbons (Fsp3) is 0.474. The summed E-state index contributed by atoms with van der Waals surface area (Å²) in [5.74, 6) is 1.49. The molecular formula is C19H24ClNO3. The van der Waals surface area contributed by atoms with Crippen molar-refractivity contribution >= 4 is 11.6 Å². The third-order valence-electron chi connectivity index (χ3n) is 5.00. The van der Waals surface area contributed by atoms with Crippen LogP contribution in [0, 0.1) is 5.41 Å². The summed E-state index contributed by atoms with van der Waals surface area (Å²) < 4.78 is 5.57. The largest absolute Gasteiger partial charge is 0.462 e. The van der Waals surface area contributed by atoms with Gasteiger partial charge in [-0.3, -0.25) is 4.90 Å². The molecule has 0 unspecified atom stereocenters. The number of halogens is 1. The first-order chi connectivity index (χ1) is 11.6. The topological polar surface area (TPSA) is 56.8 Å². The number of aliphatic hydroxyl groups excluding tert-OH is 2. The number of aliphatic hydroxyl groups is 2. The van der Waals surface area contributed by atoms with Gasteiger partial charge in [0, 0.05) is 11.6 Å². The molecule has 0 bridgehead atoms. The molecule has 1 fully saturated rings. The van der Waals surface area contributed by atoms with Crippen molar-refractivity contribution in [1.82, 2.24) is 4.90 Å². The van der Waals surface area contributed by atoms with Crippen LogP contribution in [0.1, 0.15) is 29.9 Å². The number of rotatable bonds is 6. The molecular weight excluding hydrogens is 326 g/mol. The van der Waals surface area contributed by atoms with E-state index >= 15 is 0 Å². The van der Waals surface area contributed by atoms with Gasteiger partial charge in [-0.25, -0.2) is 0 Å². The maximum atomic E-state index is 9.98. The zero-order valence-electron chi connectivity index (χ0n) is 13.7. The third-order valence-corrected chi connectivity index (χ3v) is 5.25. The van der Waals surface area contributed by atoms with E-state index in [2.05, 4.69) is 4.90 Å². The van der Waals surface area contributed by atoms with Crippen molar-refractivity contribution in [3.05, 3.63) is 58.5 Å². The lowest BCUT2D eigenvalue weighted by Crippen LogP contribution is -2.42. The minimum atomic E-state index is -0.0608. The third kappa shape index (κ3) is 4.19. The molecule has 5 heteroatoms. The SMILES string of the molecule is OCc1ccc(CN2CCC(CO)(Cc3ccc(Cl)cc3)CC2)o1. The Labute approximate surface area is 147 Å². The second kappa shape index (κ2) is 7.70. The van der Waals surface area contributed by atoms with E-state index in [1.54, 1.807) is 0 Å². The predicted molar refractivity (Wildman–Crippen MR) is 93.8 cm³/mol. The Balaban J connectivity index is 1.57. The van der Waals surface area contributed by atoms with Crippen LogP contribution in [0.2, 0.25) is 5.02 Å². The highest BCUT2D eigenvalue weighted by Gasteiger charge is 2.34. The second-order valence-corrected chi connectivity index (χ2v) is 7.20. The Bertz CT molecular complexity index is 645. The van der Waals surface area contributed by atoms with Crippen molar-refractivity contribution in [2.45, 2.75) is 32.4 Å². The molecule has 0 amide bonds. The molecule has 0 spiro atoms. The first-order valence-electron chi connectivity index (χ1n) is 8.39. The molecule has 1 aliphatic rings. The zero-order valence-corrected chi connectivity index (χ0v) is 14.5. The van der Waals surface area contributed by atoms with Crippen LogP contribution in [0.5, 0.6) is 0 Å². The number of nitrogens with zero attached hydrogens (tertiary/aromatic N) is 1. The van der Waals surface area contributed by atoms with E-state index in [9.17, 15) is 5.11 Å². The summed E-state index contributed by atoms with van der Waals surface area (Å²) in [5, 5.41) is 19.8. The number of piperidine rings is 1. The lowest BCUT2D eigenvalue weighted by molar-refractivity contribution is 0.0388. The summed E-state index contributed by atoms with van der Waals surface area (Å²) in [6, 6.07) is 11.7. The Kier molecular flexibility index (Phi) is 5.61. The van der Waals surface area contributed by atoms with E-state index in [1.165, 1.54) is 5.56 Å². The molecule has 1 aromatic carbocycles. The standard InChI is InChI=1S/C19H24ClNO3/c20-16-3-1-15(2-4-16)11-19(14-23)7-9-21(10-8-19)12-17-5-6-18(13-22)24-17/h1-6,22-23H,7-14H2. The van der Waals surface area contributed by atoms with E-state index in [0.717, 1.165) is 49.7 Å². The van der Waals surface area contributed by atoms with Gasteiger partial charge in [0.15, 0.2) is 0 Å². The van der Waals surface area contributed by atoms with Crippen LogP contribution in [0.3, 0.4) is 0 Å². The summed E-state index contributed by atoms with van der Waals surface area (Å²) in [5.41, 5.74) is 1.17. The Hall–Kier alpha value is -1.33. The van der Waals surface area contributed by atoms with Crippen molar-refractivity contribution in [2.24, 2.45) is 5.41 Å². The quantitative estimate of drug-likeness (QED) is 0.840. The minimum Gasteiger partial charge on any atom is -0.462 e. The molecule has 1 aromatic heterocycles. The van der Waals surface area contributed by atoms with Gasteiger partial charge >= 0.3 is 0 Å². The average molecular weight is 350 g/mol. The molecule has 0 aliphatic carbocycles. The van der Waals surface area contributed by atoms with Crippen molar-refractivity contribution in [1.29, 1.82) is 0 Å². The molecule has 0 saturated carbocycles. The van der Waals surface area contributed by atoms with Crippen molar-refractivity contribution < 1.29 is 14.6 Å². The van der Waals surface area contributed by atoms with E-state index in [-0.39, 0.29) is 18.6 Å². The number of furan rings is 1. The van der Waals surface area contributed by atoms with Crippen molar-refractivity contribution in [3.63, 3.8) is 0 Å². The Morgan fingerprint density at radius 2 is 1.67 bits per heavy atom. The van der Waals surface area contributed by atoms with E-state index in [1.807, 2.05) is 36.4 Å². The van der Waals surface area contributed by atoms with Crippen LogP contribution in [0.4, 0.5) is 0 Å². The normalized spacial score (nSPS) is 18.0. The fourth-order valence-corrected chi connectivity index (χ4v) is 3.55. The maximum absolute atomic E-state index is 9.98. The van der Waals surface area contributed by atoms with E-state index in [0.29, 0.717) is 5.76 Å². The first kappa shape index (κ1) is 17.5. The molecule has 0 atom stereocenters. The fourth-order valence-electron chi connectivity index (χ4n) is 3.42. The van der Waals surface area contributed by atoms with Gasteiger partial charge in [0.25, 0.3) is 0 Å². The average Bonchev–Trinajstić information content (AvgIpc) is 3.06. The molecule has 2 N–H and O–H groups in total. The lowest BCUT2D eigenvalue weighted by Gasteiger charge is -2.40. The molecule has 2 aromatic rings. The zero-order chi connectivity index (χ0) is 17.0. The molecule has 130 valence electrons. The summed E-state index contributed by atoms with van der Waals surface area (Å²) in [6.45, 7) is 2.77. The summed E-state index contributed by atoms with van der Waals surface area (Å²) in [4.78, 5) is 2.34. The Morgan fingerprint density at radius 1 is 1.00 bits per heavy atom. The van der Waals surface area contributed by atoms with Gasteiger partial charge in [-0.05, 0) is 67.6 Å². The monoisotopic (exact) mass is 349 g/mol. The van der Waals surface area contributed by atoms with Gasteiger partial charge in [0.1, 0.15) is 18.1 Å².